The van der Waals surface area contributed by atoms with Crippen LogP contribution >= 0.6 is 23.2 Å². The van der Waals surface area contributed by atoms with E-state index in [1.54, 1.807) is 6.07 Å². The van der Waals surface area contributed by atoms with Crippen molar-refractivity contribution in [1.82, 2.24) is 10.2 Å². The van der Waals surface area contributed by atoms with Crippen LogP contribution in [0.4, 0.5) is 5.69 Å². The molecule has 0 aromatic heterocycles. The molecule has 0 aliphatic carbocycles. The van der Waals surface area contributed by atoms with E-state index < -0.39 is 28.5 Å². The van der Waals surface area contributed by atoms with Gasteiger partial charge in [-0.3, -0.25) is 13.9 Å². The van der Waals surface area contributed by atoms with Gasteiger partial charge in [-0.2, -0.15) is 0 Å². The number of carbonyl (C=O) groups is 2. The molecule has 2 rings (SSSR count). The Kier molecular flexibility index (Phi) is 11.3. The number of hydrogen-bond acceptors (Lipinski definition) is 4. The Morgan fingerprint density at radius 1 is 1.03 bits per heavy atom. The van der Waals surface area contributed by atoms with E-state index in [-0.39, 0.29) is 28.2 Å². The predicted molar refractivity (Wildman–Crippen MR) is 143 cm³/mol. The van der Waals surface area contributed by atoms with E-state index in [0.29, 0.717) is 19.4 Å². The van der Waals surface area contributed by atoms with E-state index in [2.05, 4.69) is 5.32 Å². The second-order valence-electron chi connectivity index (χ2n) is 8.23. The van der Waals surface area contributed by atoms with Gasteiger partial charge >= 0.3 is 0 Å². The summed E-state index contributed by atoms with van der Waals surface area (Å²) in [6, 6.07) is 13.5. The molecule has 0 saturated carbocycles. The maximum atomic E-state index is 13.6. The minimum atomic E-state index is -3.88. The van der Waals surface area contributed by atoms with Crippen LogP contribution in [-0.2, 0) is 26.0 Å². The van der Waals surface area contributed by atoms with Crippen molar-refractivity contribution >= 4 is 50.7 Å². The zero-order chi connectivity index (χ0) is 26.0. The van der Waals surface area contributed by atoms with Gasteiger partial charge in [0.25, 0.3) is 0 Å². The third-order valence-electron chi connectivity index (χ3n) is 5.58. The Bertz CT molecular complexity index is 1100. The van der Waals surface area contributed by atoms with Crippen LogP contribution in [-0.4, -0.2) is 57.1 Å². The minimum absolute atomic E-state index is 0.0348. The maximum absolute atomic E-state index is 13.6. The van der Waals surface area contributed by atoms with Crippen LogP contribution in [0.25, 0.3) is 0 Å². The number of unbranched alkanes of at least 4 members (excludes halogenated alkanes) is 1. The summed E-state index contributed by atoms with van der Waals surface area (Å²) in [5.41, 5.74) is 1.11. The molecule has 0 aliphatic rings. The molecule has 0 spiro atoms. The Balaban J connectivity index is 2.37. The van der Waals surface area contributed by atoms with Crippen LogP contribution in [0, 0.1) is 0 Å². The third-order valence-corrected chi connectivity index (χ3v) is 7.51. The van der Waals surface area contributed by atoms with Crippen molar-refractivity contribution in [3.63, 3.8) is 0 Å². The summed E-state index contributed by atoms with van der Waals surface area (Å²) in [5.74, 6) is -0.756. The van der Waals surface area contributed by atoms with Crippen LogP contribution in [0.5, 0.6) is 0 Å². The van der Waals surface area contributed by atoms with Crippen molar-refractivity contribution in [2.45, 2.75) is 45.6 Å². The normalized spacial score (nSPS) is 12.1. The lowest BCUT2D eigenvalue weighted by Gasteiger charge is -2.33. The lowest BCUT2D eigenvalue weighted by molar-refractivity contribution is -0.139. The van der Waals surface area contributed by atoms with Crippen LogP contribution in [0.3, 0.4) is 0 Å². The van der Waals surface area contributed by atoms with E-state index in [1.807, 2.05) is 44.2 Å². The second kappa shape index (κ2) is 13.7. The molecule has 0 unspecified atom stereocenters. The van der Waals surface area contributed by atoms with Gasteiger partial charge < -0.3 is 10.2 Å². The molecular formula is C25H33Cl2N3O4S. The summed E-state index contributed by atoms with van der Waals surface area (Å²) in [6.07, 6.45) is 3.66. The molecule has 1 atom stereocenters. The molecule has 0 fully saturated rings. The molecule has 0 bridgehead atoms. The Morgan fingerprint density at radius 2 is 1.71 bits per heavy atom. The zero-order valence-electron chi connectivity index (χ0n) is 20.3. The number of hydrogen-bond donors (Lipinski definition) is 1. The quantitative estimate of drug-likeness (QED) is 0.377. The van der Waals surface area contributed by atoms with Crippen molar-refractivity contribution in [2.75, 3.05) is 30.2 Å². The van der Waals surface area contributed by atoms with Crippen molar-refractivity contribution < 1.29 is 18.0 Å². The van der Waals surface area contributed by atoms with E-state index in [0.717, 1.165) is 29.0 Å². The number of anilines is 1. The number of rotatable bonds is 13. The molecule has 35 heavy (non-hydrogen) atoms. The van der Waals surface area contributed by atoms with Gasteiger partial charge in [0.15, 0.2) is 0 Å². The number of sulfonamides is 1. The summed E-state index contributed by atoms with van der Waals surface area (Å²) in [7, 11) is -3.88. The van der Waals surface area contributed by atoms with Crippen molar-refractivity contribution in [3.8, 4) is 0 Å². The summed E-state index contributed by atoms with van der Waals surface area (Å²) in [5, 5.41) is 3.11. The smallest absolute Gasteiger partial charge is 0.244 e. The highest BCUT2D eigenvalue weighted by atomic mass is 35.5. The largest absolute Gasteiger partial charge is 0.354 e. The van der Waals surface area contributed by atoms with Crippen molar-refractivity contribution in [2.24, 2.45) is 0 Å². The average Bonchev–Trinajstić information content (AvgIpc) is 2.82. The maximum Gasteiger partial charge on any atom is 0.244 e. The van der Waals surface area contributed by atoms with Crippen molar-refractivity contribution in [1.29, 1.82) is 0 Å². The lowest BCUT2D eigenvalue weighted by atomic mass is 10.1. The van der Waals surface area contributed by atoms with Crippen molar-refractivity contribution in [3.05, 3.63) is 64.1 Å². The predicted octanol–water partition coefficient (Wildman–Crippen LogP) is 4.53. The number of nitrogens with zero attached hydrogens (tertiary/aromatic N) is 2. The van der Waals surface area contributed by atoms with Crippen LogP contribution in [0.2, 0.25) is 10.0 Å². The Hall–Kier alpha value is -2.29. The monoisotopic (exact) mass is 541 g/mol. The molecule has 0 heterocycles. The van der Waals surface area contributed by atoms with Crippen LogP contribution < -0.4 is 9.62 Å². The molecule has 0 aliphatic heterocycles. The lowest BCUT2D eigenvalue weighted by Crippen LogP contribution is -2.53. The van der Waals surface area contributed by atoms with Crippen LogP contribution in [0.1, 0.15) is 38.7 Å². The molecule has 0 saturated heterocycles. The molecule has 0 radical (unpaired) electrons. The molecule has 1 N–H and O–H groups in total. The summed E-state index contributed by atoms with van der Waals surface area (Å²) in [6.45, 7) is 4.12. The van der Waals surface area contributed by atoms with Gasteiger partial charge in [-0.05, 0) is 37.0 Å². The molecule has 192 valence electrons. The highest BCUT2D eigenvalue weighted by molar-refractivity contribution is 7.92. The number of amides is 2. The number of halogens is 2. The summed E-state index contributed by atoms with van der Waals surface area (Å²) < 4.78 is 26.2. The first-order valence-corrected chi connectivity index (χ1v) is 14.2. The third kappa shape index (κ3) is 8.40. The first-order chi connectivity index (χ1) is 16.6. The van der Waals surface area contributed by atoms with Gasteiger partial charge in [0, 0.05) is 13.1 Å². The zero-order valence-corrected chi connectivity index (χ0v) is 22.7. The van der Waals surface area contributed by atoms with Gasteiger partial charge in [0.2, 0.25) is 21.8 Å². The number of benzene rings is 2. The topological polar surface area (TPSA) is 86.8 Å². The second-order valence-corrected chi connectivity index (χ2v) is 10.9. The molecular weight excluding hydrogens is 509 g/mol. The fourth-order valence-corrected chi connectivity index (χ4v) is 4.98. The number of carbonyl (C=O) groups excluding carboxylic acids is 2. The highest BCUT2D eigenvalue weighted by Gasteiger charge is 2.32. The van der Waals surface area contributed by atoms with Gasteiger partial charge in [0.1, 0.15) is 12.6 Å². The molecule has 7 nitrogen and oxygen atoms in total. The molecule has 10 heteroatoms. The Morgan fingerprint density at radius 3 is 2.31 bits per heavy atom. The van der Waals surface area contributed by atoms with E-state index in [1.165, 1.54) is 17.0 Å². The van der Waals surface area contributed by atoms with Gasteiger partial charge in [0.05, 0.1) is 22.0 Å². The van der Waals surface area contributed by atoms with E-state index in [9.17, 15) is 18.0 Å². The fraction of sp³-hybridized carbons (Fsp3) is 0.440. The minimum Gasteiger partial charge on any atom is -0.354 e. The van der Waals surface area contributed by atoms with E-state index in [4.69, 9.17) is 23.2 Å². The first kappa shape index (κ1) is 28.9. The summed E-state index contributed by atoms with van der Waals surface area (Å²) in [4.78, 5) is 28.0. The standard InChI is InChI=1S/C25H33Cl2N3O4S/c1-4-6-16-28-25(32)21(5-2)29(17-15-19-11-8-7-9-12-19)23(31)18-30(35(3,33)34)22-14-10-13-20(26)24(22)27/h7-14,21H,4-6,15-18H2,1-3H3,(H,28,32)/t21-/m1/s1. The van der Waals surface area contributed by atoms with Crippen LogP contribution in [0.15, 0.2) is 48.5 Å². The average molecular weight is 543 g/mol. The van der Waals surface area contributed by atoms with Gasteiger partial charge in [-0.1, -0.05) is 79.9 Å². The van der Waals surface area contributed by atoms with E-state index >= 15 is 0 Å². The highest BCUT2D eigenvalue weighted by Crippen LogP contribution is 2.33. The molecule has 2 amide bonds. The fourth-order valence-electron chi connectivity index (χ4n) is 3.68. The summed E-state index contributed by atoms with van der Waals surface area (Å²) >= 11 is 12.4. The number of nitrogens with one attached hydrogen (secondary N) is 1. The molecule has 2 aromatic carbocycles. The van der Waals surface area contributed by atoms with Gasteiger partial charge in [-0.15, -0.1) is 0 Å². The van der Waals surface area contributed by atoms with Gasteiger partial charge in [-0.25, -0.2) is 8.42 Å². The molecule has 2 aromatic rings. The SMILES string of the molecule is CCCCNC(=O)[C@@H](CC)N(CCc1ccccc1)C(=O)CN(c1cccc(Cl)c1Cl)S(C)(=O)=O. The first-order valence-electron chi connectivity index (χ1n) is 11.6. The Labute approximate surface area is 218 Å².